The Bertz CT molecular complexity index is 949. The average molecular weight is 450 g/mol. The highest BCUT2D eigenvalue weighted by Gasteiger charge is 2.34. The molecule has 4 rings (SSSR count). The first kappa shape index (κ1) is 21.8. The highest BCUT2D eigenvalue weighted by atomic mass is 19.1. The van der Waals surface area contributed by atoms with Crippen LogP contribution in [0.3, 0.4) is 0 Å². The monoisotopic (exact) mass is 450 g/mol. The van der Waals surface area contributed by atoms with Gasteiger partial charge in [-0.25, -0.2) is 9.18 Å². The number of hydrogen-bond donors (Lipinski definition) is 2. The van der Waals surface area contributed by atoms with Gasteiger partial charge in [-0.2, -0.15) is 0 Å². The third-order valence-electron chi connectivity index (χ3n) is 5.34. The van der Waals surface area contributed by atoms with Gasteiger partial charge in [-0.15, -0.1) is 0 Å². The molecule has 2 aromatic rings. The van der Waals surface area contributed by atoms with Crippen molar-refractivity contribution < 1.29 is 38.2 Å². The van der Waals surface area contributed by atoms with Crippen LogP contribution in [0, 0.1) is 5.82 Å². The molecule has 2 N–H and O–H groups in total. The number of aliphatic hydroxyl groups excluding tert-OH is 2. The van der Waals surface area contributed by atoms with Crippen LogP contribution in [-0.2, 0) is 9.53 Å². The lowest BCUT2D eigenvalue weighted by atomic mass is 10.2. The Kier molecular flexibility index (Phi) is 6.42. The van der Waals surface area contributed by atoms with Crippen LogP contribution in [0.4, 0.5) is 20.6 Å². The summed E-state index contributed by atoms with van der Waals surface area (Å²) in [5.41, 5.74) is 0.710. The standard InChI is InChI=1S/C20H23FN4O7/c21-15-9-13(25-10-14(32-20(25)29)12-30-18-3-8-31-22-18)1-2-16(15)23-4-6-24(7-5-23)19(28)17(27)11-26/h1-3,8-9,14,17,26-27H,4-7,10-12H2/t14-,17+/m1/s1. The van der Waals surface area contributed by atoms with Crippen molar-refractivity contribution in [2.75, 3.05) is 55.7 Å². The smallest absolute Gasteiger partial charge is 0.414 e. The van der Waals surface area contributed by atoms with E-state index in [4.69, 9.17) is 14.6 Å². The molecule has 1 aromatic heterocycles. The quantitative estimate of drug-likeness (QED) is 0.609. The van der Waals surface area contributed by atoms with Crippen LogP contribution in [0.15, 0.2) is 35.1 Å². The minimum absolute atomic E-state index is 0.0866. The maximum Gasteiger partial charge on any atom is 0.414 e. The minimum atomic E-state index is -1.44. The number of rotatable bonds is 7. The number of aliphatic hydroxyl groups is 2. The number of carbonyl (C=O) groups is 2. The second kappa shape index (κ2) is 9.40. The zero-order chi connectivity index (χ0) is 22.7. The molecule has 2 aliphatic heterocycles. The summed E-state index contributed by atoms with van der Waals surface area (Å²) in [6.45, 7) is 0.972. The van der Waals surface area contributed by atoms with E-state index in [1.165, 1.54) is 28.2 Å². The number of cyclic esters (lactones) is 1. The first-order valence-corrected chi connectivity index (χ1v) is 10.1. The Hall–Kier alpha value is -3.38. The van der Waals surface area contributed by atoms with Crippen LogP contribution in [0.2, 0.25) is 0 Å². The van der Waals surface area contributed by atoms with E-state index in [1.807, 2.05) is 0 Å². The highest BCUT2D eigenvalue weighted by Crippen LogP contribution is 2.28. The van der Waals surface area contributed by atoms with Crippen molar-refractivity contribution in [3.8, 4) is 5.88 Å². The van der Waals surface area contributed by atoms with E-state index in [1.54, 1.807) is 17.0 Å². The molecule has 2 fully saturated rings. The molecule has 0 aliphatic carbocycles. The summed E-state index contributed by atoms with van der Waals surface area (Å²) in [6, 6.07) is 6.02. The van der Waals surface area contributed by atoms with Crippen molar-refractivity contribution in [1.82, 2.24) is 10.1 Å². The van der Waals surface area contributed by atoms with Crippen molar-refractivity contribution in [2.24, 2.45) is 0 Å². The summed E-state index contributed by atoms with van der Waals surface area (Å²) in [6.07, 6.45) is -1.21. The Balaban J connectivity index is 1.35. The van der Waals surface area contributed by atoms with Crippen molar-refractivity contribution in [1.29, 1.82) is 0 Å². The molecule has 0 saturated carbocycles. The van der Waals surface area contributed by atoms with Crippen molar-refractivity contribution in [3.63, 3.8) is 0 Å². The number of benzene rings is 1. The van der Waals surface area contributed by atoms with E-state index in [0.717, 1.165) is 0 Å². The molecule has 0 radical (unpaired) electrons. The van der Waals surface area contributed by atoms with Gasteiger partial charge in [-0.1, -0.05) is 0 Å². The SMILES string of the molecule is O=C([C@@H](O)CO)N1CCN(c2ccc(N3C[C@H](COc4ccon4)OC3=O)cc2F)CC1. The predicted molar refractivity (Wildman–Crippen MR) is 108 cm³/mol. The topological polar surface area (TPSA) is 129 Å². The molecule has 2 atom stereocenters. The molecule has 2 saturated heterocycles. The maximum atomic E-state index is 14.9. The second-order valence-corrected chi connectivity index (χ2v) is 7.41. The van der Waals surface area contributed by atoms with E-state index in [2.05, 4.69) is 9.68 Å². The summed E-state index contributed by atoms with van der Waals surface area (Å²) in [4.78, 5) is 28.7. The number of halogens is 1. The van der Waals surface area contributed by atoms with Gasteiger partial charge in [-0.3, -0.25) is 9.69 Å². The molecule has 2 aliphatic rings. The first-order chi connectivity index (χ1) is 15.5. The lowest BCUT2D eigenvalue weighted by Gasteiger charge is -2.37. The molecule has 12 heteroatoms. The van der Waals surface area contributed by atoms with Crippen LogP contribution in [0.1, 0.15) is 0 Å². The molecular weight excluding hydrogens is 427 g/mol. The van der Waals surface area contributed by atoms with Gasteiger partial charge in [0.25, 0.3) is 11.8 Å². The Labute approximate surface area is 182 Å². The molecule has 1 aromatic carbocycles. The van der Waals surface area contributed by atoms with Gasteiger partial charge in [0.1, 0.15) is 18.7 Å². The van der Waals surface area contributed by atoms with E-state index in [9.17, 15) is 19.1 Å². The zero-order valence-electron chi connectivity index (χ0n) is 17.1. The van der Waals surface area contributed by atoms with Gasteiger partial charge in [-0.05, 0) is 23.4 Å². The van der Waals surface area contributed by atoms with Gasteiger partial charge < -0.3 is 34.0 Å². The molecule has 32 heavy (non-hydrogen) atoms. The third-order valence-corrected chi connectivity index (χ3v) is 5.34. The van der Waals surface area contributed by atoms with Gasteiger partial charge >= 0.3 is 6.09 Å². The second-order valence-electron chi connectivity index (χ2n) is 7.41. The number of nitrogens with zero attached hydrogens (tertiary/aromatic N) is 4. The number of amides is 2. The minimum Gasteiger partial charge on any atom is -0.471 e. The lowest BCUT2D eigenvalue weighted by Crippen LogP contribution is -2.52. The van der Waals surface area contributed by atoms with Gasteiger partial charge in [0.2, 0.25) is 0 Å². The van der Waals surface area contributed by atoms with Crippen LogP contribution in [0.25, 0.3) is 0 Å². The van der Waals surface area contributed by atoms with E-state index in [0.29, 0.717) is 37.6 Å². The summed E-state index contributed by atoms with van der Waals surface area (Å²) in [7, 11) is 0. The highest BCUT2D eigenvalue weighted by molar-refractivity contribution is 5.90. The van der Waals surface area contributed by atoms with Crippen molar-refractivity contribution in [3.05, 3.63) is 36.3 Å². The fourth-order valence-corrected chi connectivity index (χ4v) is 3.65. The van der Waals surface area contributed by atoms with Gasteiger partial charge in [0.15, 0.2) is 12.2 Å². The van der Waals surface area contributed by atoms with Gasteiger partial charge in [0.05, 0.1) is 24.5 Å². The molecule has 0 spiro atoms. The Morgan fingerprint density at radius 1 is 1.28 bits per heavy atom. The molecule has 0 bridgehead atoms. The van der Waals surface area contributed by atoms with E-state index in [-0.39, 0.29) is 19.0 Å². The Morgan fingerprint density at radius 2 is 2.06 bits per heavy atom. The number of hydrogen-bond acceptors (Lipinski definition) is 9. The van der Waals surface area contributed by atoms with Crippen molar-refractivity contribution in [2.45, 2.75) is 12.2 Å². The van der Waals surface area contributed by atoms with Gasteiger partial charge in [0, 0.05) is 32.2 Å². The molecule has 3 heterocycles. The molecule has 11 nitrogen and oxygen atoms in total. The number of aromatic nitrogens is 1. The maximum absolute atomic E-state index is 14.9. The van der Waals surface area contributed by atoms with E-state index >= 15 is 0 Å². The largest absolute Gasteiger partial charge is 0.471 e. The molecule has 0 unspecified atom stereocenters. The number of carbonyl (C=O) groups excluding carboxylic acids is 2. The predicted octanol–water partition coefficient (Wildman–Crippen LogP) is 0.220. The van der Waals surface area contributed by atoms with Crippen LogP contribution >= 0.6 is 0 Å². The summed E-state index contributed by atoms with van der Waals surface area (Å²) >= 11 is 0. The lowest BCUT2D eigenvalue weighted by molar-refractivity contribution is -0.142. The average Bonchev–Trinajstić information content (AvgIpc) is 3.46. The number of anilines is 2. The van der Waals surface area contributed by atoms with Crippen LogP contribution in [-0.4, -0.2) is 90.4 Å². The third kappa shape index (κ3) is 4.60. The number of ether oxygens (including phenoxy) is 2. The Morgan fingerprint density at radius 3 is 2.72 bits per heavy atom. The molecule has 172 valence electrons. The zero-order valence-corrected chi connectivity index (χ0v) is 17.1. The number of piperazine rings is 1. The van der Waals surface area contributed by atoms with E-state index < -0.39 is 36.6 Å². The summed E-state index contributed by atoms with van der Waals surface area (Å²) in [5.74, 6) is -0.770. The van der Waals surface area contributed by atoms with Crippen LogP contribution in [0.5, 0.6) is 5.88 Å². The fraction of sp³-hybridized carbons (Fsp3) is 0.450. The summed E-state index contributed by atoms with van der Waals surface area (Å²) < 4.78 is 30.2. The summed E-state index contributed by atoms with van der Waals surface area (Å²) in [5, 5.41) is 22.0. The fourth-order valence-electron chi connectivity index (χ4n) is 3.65. The normalized spacial score (nSPS) is 19.8. The van der Waals surface area contributed by atoms with Crippen LogP contribution < -0.4 is 14.5 Å². The van der Waals surface area contributed by atoms with Crippen molar-refractivity contribution >= 4 is 23.4 Å². The molecular formula is C20H23FN4O7. The molecule has 2 amide bonds. The first-order valence-electron chi connectivity index (χ1n) is 10.1.